The van der Waals surface area contributed by atoms with Crippen LogP contribution in [0.5, 0.6) is 0 Å². The number of halogens is 1. The third-order valence-electron chi connectivity index (χ3n) is 2.97. The maximum absolute atomic E-state index is 13.0. The van der Waals surface area contributed by atoms with E-state index in [1.807, 2.05) is 24.3 Å². The maximum Gasteiger partial charge on any atom is 0.261 e. The van der Waals surface area contributed by atoms with Crippen molar-refractivity contribution in [3.05, 3.63) is 59.9 Å². The Morgan fingerprint density at radius 3 is 3.00 bits per heavy atom. The lowest BCUT2D eigenvalue weighted by atomic mass is 10.2. The number of nitrogens with zero attached hydrogens (tertiary/aromatic N) is 4. The predicted octanol–water partition coefficient (Wildman–Crippen LogP) is 1.72. The Morgan fingerprint density at radius 1 is 1.27 bits per heavy atom. The summed E-state index contributed by atoms with van der Waals surface area (Å²) in [6.45, 7) is 0.000996. The van der Waals surface area contributed by atoms with Gasteiger partial charge in [0.2, 0.25) is 0 Å². The molecule has 0 atom stereocenters. The molecule has 1 N–H and O–H groups in total. The molecule has 0 aliphatic heterocycles. The molecule has 1 aromatic heterocycles. The summed E-state index contributed by atoms with van der Waals surface area (Å²) in [7, 11) is 0. The van der Waals surface area contributed by atoms with Gasteiger partial charge in [0.25, 0.3) is 5.91 Å². The van der Waals surface area contributed by atoms with Crippen molar-refractivity contribution >= 4 is 23.2 Å². The van der Waals surface area contributed by atoms with Gasteiger partial charge in [0.05, 0.1) is 11.7 Å². The topological polar surface area (TPSA) is 72.2 Å². The summed E-state index contributed by atoms with van der Waals surface area (Å²) in [5, 5.41) is 11.7. The van der Waals surface area contributed by atoms with Gasteiger partial charge in [-0.1, -0.05) is 29.5 Å². The monoisotopic (exact) mass is 297 g/mol. The van der Waals surface area contributed by atoms with Gasteiger partial charge in [-0.05, 0) is 29.8 Å². The van der Waals surface area contributed by atoms with E-state index in [0.29, 0.717) is 5.56 Å². The molecule has 0 unspecified atom stereocenters. The largest absolute Gasteiger partial charge is 0.271 e. The fourth-order valence-corrected chi connectivity index (χ4v) is 1.97. The van der Waals surface area contributed by atoms with Crippen molar-refractivity contribution in [2.24, 2.45) is 5.10 Å². The second-order valence-electron chi connectivity index (χ2n) is 4.58. The molecule has 0 spiro atoms. The Morgan fingerprint density at radius 2 is 2.14 bits per heavy atom. The van der Waals surface area contributed by atoms with Gasteiger partial charge < -0.3 is 0 Å². The number of rotatable bonds is 4. The van der Waals surface area contributed by atoms with Crippen LogP contribution < -0.4 is 5.43 Å². The van der Waals surface area contributed by atoms with E-state index in [4.69, 9.17) is 0 Å². The Balaban J connectivity index is 1.63. The van der Waals surface area contributed by atoms with Crippen LogP contribution in [0.4, 0.5) is 4.39 Å². The van der Waals surface area contributed by atoms with Gasteiger partial charge in [0.1, 0.15) is 17.9 Å². The van der Waals surface area contributed by atoms with Gasteiger partial charge in [0, 0.05) is 0 Å². The molecule has 6 nitrogen and oxygen atoms in total. The first-order valence-corrected chi connectivity index (χ1v) is 6.58. The van der Waals surface area contributed by atoms with Crippen molar-refractivity contribution in [1.82, 2.24) is 20.4 Å². The van der Waals surface area contributed by atoms with Gasteiger partial charge in [-0.2, -0.15) is 5.10 Å². The molecule has 3 rings (SSSR count). The molecular weight excluding hydrogens is 285 g/mol. The van der Waals surface area contributed by atoms with E-state index < -0.39 is 0 Å². The lowest BCUT2D eigenvalue weighted by Crippen LogP contribution is -2.23. The van der Waals surface area contributed by atoms with Crippen LogP contribution in [0.2, 0.25) is 0 Å². The normalized spacial score (nSPS) is 11.1. The first kappa shape index (κ1) is 13.9. The highest BCUT2D eigenvalue weighted by Crippen LogP contribution is 2.09. The van der Waals surface area contributed by atoms with Crippen LogP contribution >= 0.6 is 0 Å². The van der Waals surface area contributed by atoms with Crippen molar-refractivity contribution in [3.8, 4) is 0 Å². The van der Waals surface area contributed by atoms with E-state index in [1.54, 1.807) is 12.1 Å². The minimum Gasteiger partial charge on any atom is -0.271 e. The molecule has 1 heterocycles. The minimum atomic E-state index is -0.357. The zero-order valence-corrected chi connectivity index (χ0v) is 11.5. The molecule has 0 aliphatic rings. The van der Waals surface area contributed by atoms with Crippen molar-refractivity contribution in [3.63, 3.8) is 0 Å². The van der Waals surface area contributed by atoms with Gasteiger partial charge in [0.15, 0.2) is 0 Å². The molecule has 0 saturated carbocycles. The zero-order chi connectivity index (χ0) is 15.4. The Hall–Kier alpha value is -3.09. The van der Waals surface area contributed by atoms with E-state index in [9.17, 15) is 9.18 Å². The highest BCUT2D eigenvalue weighted by Gasteiger charge is 2.07. The van der Waals surface area contributed by atoms with E-state index >= 15 is 0 Å². The fraction of sp³-hybridized carbons (Fsp3) is 0.0667. The standard InChI is InChI=1S/C15H12FN5O/c16-12-5-3-4-11(8-12)9-17-19-15(22)10-21-14-7-2-1-6-13(14)18-20-21/h1-9H,10H2,(H,19,22). The van der Waals surface area contributed by atoms with Crippen LogP contribution in [0.15, 0.2) is 53.6 Å². The average Bonchev–Trinajstić information content (AvgIpc) is 2.91. The third-order valence-corrected chi connectivity index (χ3v) is 2.97. The van der Waals surface area contributed by atoms with E-state index in [2.05, 4.69) is 20.8 Å². The first-order chi connectivity index (χ1) is 10.7. The van der Waals surface area contributed by atoms with Gasteiger partial charge in [-0.25, -0.2) is 14.5 Å². The second-order valence-corrected chi connectivity index (χ2v) is 4.58. The van der Waals surface area contributed by atoms with E-state index in [1.165, 1.54) is 23.0 Å². The van der Waals surface area contributed by atoms with Crippen molar-refractivity contribution in [2.45, 2.75) is 6.54 Å². The number of hydrogen-bond donors (Lipinski definition) is 1. The SMILES string of the molecule is O=C(Cn1nnc2ccccc21)NN=Cc1cccc(F)c1. The summed E-state index contributed by atoms with van der Waals surface area (Å²) >= 11 is 0. The molecule has 0 fully saturated rings. The number of fused-ring (bicyclic) bond motifs is 1. The van der Waals surface area contributed by atoms with Crippen molar-refractivity contribution < 1.29 is 9.18 Å². The summed E-state index contributed by atoms with van der Waals surface area (Å²) in [6, 6.07) is 13.3. The first-order valence-electron chi connectivity index (χ1n) is 6.58. The number of para-hydroxylation sites is 1. The van der Waals surface area contributed by atoms with Crippen LogP contribution in [0.25, 0.3) is 11.0 Å². The maximum atomic E-state index is 13.0. The zero-order valence-electron chi connectivity index (χ0n) is 11.5. The Bertz CT molecular complexity index is 843. The molecule has 1 amide bonds. The van der Waals surface area contributed by atoms with Crippen LogP contribution in [-0.4, -0.2) is 27.1 Å². The lowest BCUT2D eigenvalue weighted by Gasteiger charge is -2.01. The highest BCUT2D eigenvalue weighted by molar-refractivity contribution is 5.83. The summed E-state index contributed by atoms with van der Waals surface area (Å²) in [6.07, 6.45) is 1.38. The number of carbonyl (C=O) groups is 1. The minimum absolute atomic E-state index is 0.000996. The Labute approximate surface area is 125 Å². The van der Waals surface area contributed by atoms with Crippen molar-refractivity contribution in [2.75, 3.05) is 0 Å². The summed E-state index contributed by atoms with van der Waals surface area (Å²) in [5.74, 6) is -0.701. The Kier molecular flexibility index (Phi) is 3.86. The molecule has 0 aliphatic carbocycles. The molecule has 0 bridgehead atoms. The molecule has 2 aromatic carbocycles. The number of aromatic nitrogens is 3. The third kappa shape index (κ3) is 3.14. The number of benzene rings is 2. The molecule has 22 heavy (non-hydrogen) atoms. The summed E-state index contributed by atoms with van der Waals surface area (Å²) in [5.41, 5.74) is 4.43. The molecular formula is C15H12FN5O. The van der Waals surface area contributed by atoms with Crippen LogP contribution in [0.1, 0.15) is 5.56 Å². The summed E-state index contributed by atoms with van der Waals surface area (Å²) < 4.78 is 14.5. The van der Waals surface area contributed by atoms with E-state index in [0.717, 1.165) is 11.0 Å². The predicted molar refractivity (Wildman–Crippen MR) is 79.7 cm³/mol. The van der Waals surface area contributed by atoms with Crippen molar-refractivity contribution in [1.29, 1.82) is 0 Å². The smallest absolute Gasteiger partial charge is 0.261 e. The average molecular weight is 297 g/mol. The van der Waals surface area contributed by atoms with E-state index in [-0.39, 0.29) is 18.3 Å². The van der Waals surface area contributed by atoms with Gasteiger partial charge >= 0.3 is 0 Å². The van der Waals surface area contributed by atoms with Gasteiger partial charge in [-0.15, -0.1) is 5.10 Å². The lowest BCUT2D eigenvalue weighted by molar-refractivity contribution is -0.121. The molecule has 0 radical (unpaired) electrons. The van der Waals surface area contributed by atoms with Crippen LogP contribution in [0, 0.1) is 5.82 Å². The number of hydrogen-bond acceptors (Lipinski definition) is 4. The number of carbonyl (C=O) groups excluding carboxylic acids is 1. The van der Waals surface area contributed by atoms with Crippen LogP contribution in [-0.2, 0) is 11.3 Å². The van der Waals surface area contributed by atoms with Gasteiger partial charge in [-0.3, -0.25) is 4.79 Å². The molecule has 3 aromatic rings. The molecule has 110 valence electrons. The summed E-state index contributed by atoms with van der Waals surface area (Å²) in [4.78, 5) is 11.8. The quantitative estimate of drug-likeness (QED) is 0.588. The molecule has 7 heteroatoms. The highest BCUT2D eigenvalue weighted by atomic mass is 19.1. The number of hydrazone groups is 1. The fourth-order valence-electron chi connectivity index (χ4n) is 1.97. The second kappa shape index (κ2) is 6.13. The number of nitrogens with one attached hydrogen (secondary N) is 1. The van der Waals surface area contributed by atoms with Crippen LogP contribution in [0.3, 0.4) is 0 Å². The number of amides is 1. The molecule has 0 saturated heterocycles.